The molecule has 0 spiro atoms. The summed E-state index contributed by atoms with van der Waals surface area (Å²) in [5.74, 6) is 2.58. The zero-order valence-corrected chi connectivity index (χ0v) is 23.6. The van der Waals surface area contributed by atoms with Gasteiger partial charge in [0.15, 0.2) is 0 Å². The zero-order valence-electron chi connectivity index (χ0n) is 23.6. The average molecular weight is 494 g/mol. The van der Waals surface area contributed by atoms with Gasteiger partial charge in [-0.15, -0.1) is 0 Å². The maximum absolute atomic E-state index is 11.7. The Morgan fingerprint density at radius 2 is 1.57 bits per heavy atom. The molecule has 0 radical (unpaired) electrons. The number of aliphatic hydroxyl groups is 2. The van der Waals surface area contributed by atoms with Crippen LogP contribution < -0.4 is 5.73 Å². The Kier molecular flexibility index (Phi) is 8.77. The second kappa shape index (κ2) is 10.6. The smallest absolute Gasteiger partial charge is 0.303 e. The van der Waals surface area contributed by atoms with E-state index in [2.05, 4.69) is 27.7 Å². The fourth-order valence-electron chi connectivity index (χ4n) is 9.48. The fraction of sp³-hybridized carbons (Fsp3) is 0.967. The molecule has 4 aliphatic rings. The predicted octanol–water partition coefficient (Wildman–Crippen LogP) is 5.86. The normalized spacial score (nSPS) is 45.9. The Hall–Kier alpha value is -0.650. The molecule has 0 aromatic rings. The van der Waals surface area contributed by atoms with Crippen molar-refractivity contribution in [2.24, 2.45) is 58.0 Å². The van der Waals surface area contributed by atoms with E-state index < -0.39 is 5.97 Å². The summed E-state index contributed by atoms with van der Waals surface area (Å²) in [6, 6.07) is 0. The van der Waals surface area contributed by atoms with E-state index in [-0.39, 0.29) is 35.0 Å². The van der Waals surface area contributed by atoms with Crippen LogP contribution in [-0.2, 0) is 4.79 Å². The Labute approximate surface area is 214 Å². The number of carboxylic acids is 1. The standard InChI is InChI=1S/C26H44O4.C4H11N/c1-5-17-21-14-16(27)10-12-26(21,4)20-11-13-25(3)18(15(2)6-9-22(28)29)7-8-19(25)23(20)24(17)30;1-4(2,3)5/h15-21,23-24,27,30H,5-14H2,1-4H3,(H,28,29);5H2,1-3H3/t15-,16-,17-,18?,19?,20?,21?,23?,24-,25-,26-;/m1./s1. The molecule has 5 N–H and O–H groups in total. The summed E-state index contributed by atoms with van der Waals surface area (Å²) in [6.45, 7) is 15.3. The predicted molar refractivity (Wildman–Crippen MR) is 142 cm³/mol. The van der Waals surface area contributed by atoms with E-state index in [0.717, 1.165) is 32.1 Å². The highest BCUT2D eigenvalue weighted by Gasteiger charge is 2.64. The first-order chi connectivity index (χ1) is 16.1. The van der Waals surface area contributed by atoms with Crippen LogP contribution in [0.25, 0.3) is 0 Å². The average Bonchev–Trinajstić information content (AvgIpc) is 3.09. The highest BCUT2D eigenvalue weighted by molar-refractivity contribution is 5.66. The lowest BCUT2D eigenvalue weighted by atomic mass is 9.41. The molecule has 0 aromatic carbocycles. The molecule has 0 saturated heterocycles. The highest BCUT2D eigenvalue weighted by atomic mass is 16.4. The van der Waals surface area contributed by atoms with Gasteiger partial charge in [-0.25, -0.2) is 0 Å². The molecule has 4 aliphatic carbocycles. The SMILES string of the molecule is CC(C)(C)N.CC[C@@H]1C2C[C@H](O)CC[C@]2(C)C2CC[C@@]3(C)C(CCC3[C@H](C)CCC(=O)O)C2[C@@H]1O. The van der Waals surface area contributed by atoms with Gasteiger partial charge >= 0.3 is 5.97 Å². The van der Waals surface area contributed by atoms with Gasteiger partial charge in [-0.1, -0.05) is 34.1 Å². The summed E-state index contributed by atoms with van der Waals surface area (Å²) in [4.78, 5) is 11.1. The molecule has 4 saturated carbocycles. The molecule has 0 aliphatic heterocycles. The summed E-state index contributed by atoms with van der Waals surface area (Å²) in [5, 5.41) is 31.3. The molecular formula is C30H55NO4. The molecule has 0 amide bonds. The molecule has 0 heterocycles. The van der Waals surface area contributed by atoms with Crippen LogP contribution >= 0.6 is 0 Å². The number of hydrogen-bond donors (Lipinski definition) is 4. The third kappa shape index (κ3) is 5.77. The number of carboxylic acid groups (broad SMARTS) is 1. The van der Waals surface area contributed by atoms with Crippen molar-refractivity contribution in [1.29, 1.82) is 0 Å². The quantitative estimate of drug-likeness (QED) is 0.384. The van der Waals surface area contributed by atoms with Gasteiger partial charge in [0.1, 0.15) is 0 Å². The van der Waals surface area contributed by atoms with Crippen LogP contribution in [0.4, 0.5) is 0 Å². The molecule has 0 bridgehead atoms. The van der Waals surface area contributed by atoms with Crippen LogP contribution in [0.5, 0.6) is 0 Å². The minimum absolute atomic E-state index is 0. The number of rotatable bonds is 5. The number of hydrogen-bond acceptors (Lipinski definition) is 4. The van der Waals surface area contributed by atoms with Crippen LogP contribution in [0.1, 0.15) is 113 Å². The minimum Gasteiger partial charge on any atom is -0.481 e. The lowest BCUT2D eigenvalue weighted by Gasteiger charge is -2.64. The van der Waals surface area contributed by atoms with Gasteiger partial charge in [-0.2, -0.15) is 0 Å². The molecule has 204 valence electrons. The molecule has 5 unspecified atom stereocenters. The van der Waals surface area contributed by atoms with E-state index in [0.29, 0.717) is 41.4 Å². The van der Waals surface area contributed by atoms with E-state index in [1.54, 1.807) is 0 Å². The maximum Gasteiger partial charge on any atom is 0.303 e. The molecule has 4 rings (SSSR count). The van der Waals surface area contributed by atoms with Crippen molar-refractivity contribution in [1.82, 2.24) is 0 Å². The first-order valence-corrected chi connectivity index (χ1v) is 14.5. The largest absolute Gasteiger partial charge is 0.481 e. The topological polar surface area (TPSA) is 104 Å². The molecule has 11 atom stereocenters. The van der Waals surface area contributed by atoms with Gasteiger partial charge in [0, 0.05) is 12.0 Å². The van der Waals surface area contributed by atoms with Crippen LogP contribution in [0.2, 0.25) is 0 Å². The van der Waals surface area contributed by atoms with E-state index in [1.807, 2.05) is 20.8 Å². The highest BCUT2D eigenvalue weighted by Crippen LogP contribution is 2.69. The second-order valence-corrected chi connectivity index (χ2v) is 14.4. The van der Waals surface area contributed by atoms with Crippen molar-refractivity contribution < 1.29 is 20.1 Å². The Morgan fingerprint density at radius 3 is 2.14 bits per heavy atom. The van der Waals surface area contributed by atoms with Gasteiger partial charge in [0.2, 0.25) is 0 Å². The Balaban J connectivity index is 0.000000623. The van der Waals surface area contributed by atoms with Crippen molar-refractivity contribution >= 4 is 5.97 Å². The molecule has 0 aromatic heterocycles. The Bertz CT molecular complexity index is 728. The molecule has 35 heavy (non-hydrogen) atoms. The minimum atomic E-state index is -0.683. The van der Waals surface area contributed by atoms with Crippen LogP contribution in [0, 0.1) is 52.3 Å². The summed E-state index contributed by atoms with van der Waals surface area (Å²) in [5.41, 5.74) is 5.83. The fourth-order valence-corrected chi connectivity index (χ4v) is 9.48. The van der Waals surface area contributed by atoms with Gasteiger partial charge in [0.25, 0.3) is 0 Å². The first kappa shape index (κ1) is 28.9. The van der Waals surface area contributed by atoms with Gasteiger partial charge < -0.3 is 21.1 Å². The van der Waals surface area contributed by atoms with Crippen molar-refractivity contribution in [3.8, 4) is 0 Å². The van der Waals surface area contributed by atoms with E-state index in [9.17, 15) is 15.0 Å². The van der Waals surface area contributed by atoms with E-state index in [1.165, 1.54) is 25.7 Å². The van der Waals surface area contributed by atoms with Crippen molar-refractivity contribution in [3.63, 3.8) is 0 Å². The Morgan fingerprint density at radius 1 is 1.00 bits per heavy atom. The number of nitrogens with two attached hydrogens (primary N) is 1. The van der Waals surface area contributed by atoms with Gasteiger partial charge in [-0.3, -0.25) is 4.79 Å². The number of fused-ring (bicyclic) bond motifs is 5. The van der Waals surface area contributed by atoms with Crippen molar-refractivity contribution in [2.75, 3.05) is 0 Å². The van der Waals surface area contributed by atoms with Gasteiger partial charge in [0.05, 0.1) is 12.2 Å². The monoisotopic (exact) mass is 493 g/mol. The summed E-state index contributed by atoms with van der Waals surface area (Å²) in [7, 11) is 0. The molecule has 4 fully saturated rings. The summed E-state index contributed by atoms with van der Waals surface area (Å²) < 4.78 is 0. The maximum atomic E-state index is 11.7. The van der Waals surface area contributed by atoms with Crippen molar-refractivity contribution in [3.05, 3.63) is 0 Å². The lowest BCUT2D eigenvalue weighted by Crippen LogP contribution is -2.62. The van der Waals surface area contributed by atoms with Crippen molar-refractivity contribution in [2.45, 2.75) is 130 Å². The van der Waals surface area contributed by atoms with Gasteiger partial charge in [-0.05, 0) is 124 Å². The molecule has 5 heteroatoms. The molecule has 5 nitrogen and oxygen atoms in total. The summed E-state index contributed by atoms with van der Waals surface area (Å²) in [6.07, 6.45) is 9.27. The van der Waals surface area contributed by atoms with E-state index >= 15 is 0 Å². The van der Waals surface area contributed by atoms with Crippen LogP contribution in [0.15, 0.2) is 0 Å². The summed E-state index contributed by atoms with van der Waals surface area (Å²) >= 11 is 0. The first-order valence-electron chi connectivity index (χ1n) is 14.5. The van der Waals surface area contributed by atoms with Crippen LogP contribution in [0.3, 0.4) is 0 Å². The lowest BCUT2D eigenvalue weighted by molar-refractivity contribution is -0.203. The third-order valence-corrected chi connectivity index (χ3v) is 11.0. The number of carbonyl (C=O) groups is 1. The van der Waals surface area contributed by atoms with E-state index in [4.69, 9.17) is 10.8 Å². The third-order valence-electron chi connectivity index (χ3n) is 11.0. The second-order valence-electron chi connectivity index (χ2n) is 14.4. The van der Waals surface area contributed by atoms with Crippen LogP contribution in [-0.4, -0.2) is 39.0 Å². The number of aliphatic hydroxyl groups excluding tert-OH is 2. The number of aliphatic carboxylic acids is 1. The zero-order chi connectivity index (χ0) is 26.3. The molecular weight excluding hydrogens is 438 g/mol.